The molecular formula is C24H18ClFN2O4. The summed E-state index contributed by atoms with van der Waals surface area (Å²) in [4.78, 5) is 23.1. The van der Waals surface area contributed by atoms with Gasteiger partial charge >= 0.3 is 5.97 Å². The summed E-state index contributed by atoms with van der Waals surface area (Å²) in [7, 11) is 0. The zero-order valence-electron chi connectivity index (χ0n) is 16.7. The average Bonchev–Trinajstić information content (AvgIpc) is 2.80. The number of aliphatic carboxylic acids is 1. The third kappa shape index (κ3) is 5.84. The molecule has 0 aliphatic rings. The molecule has 3 aromatic rings. The molecule has 0 radical (unpaired) electrons. The fourth-order valence-corrected chi connectivity index (χ4v) is 3.03. The molecule has 0 bridgehead atoms. The van der Waals surface area contributed by atoms with E-state index in [2.05, 4.69) is 5.32 Å². The van der Waals surface area contributed by atoms with Gasteiger partial charge in [0, 0.05) is 17.1 Å². The number of benzene rings is 3. The molecule has 0 saturated carbocycles. The molecule has 0 heterocycles. The highest BCUT2D eigenvalue weighted by Gasteiger charge is 2.20. The number of carbonyl (C=O) groups is 2. The Balaban J connectivity index is 1.60. The molecule has 8 heteroatoms. The molecule has 3 rings (SSSR count). The third-order valence-electron chi connectivity index (χ3n) is 4.59. The van der Waals surface area contributed by atoms with E-state index in [9.17, 15) is 19.2 Å². The summed E-state index contributed by atoms with van der Waals surface area (Å²) in [5.74, 6) is -1.36. The van der Waals surface area contributed by atoms with E-state index in [1.165, 1.54) is 12.1 Å². The van der Waals surface area contributed by atoms with Gasteiger partial charge in [-0.15, -0.1) is 0 Å². The van der Waals surface area contributed by atoms with Gasteiger partial charge in [0.05, 0.1) is 5.56 Å². The number of nitrogens with zero attached hydrogens (tertiary/aromatic N) is 1. The molecule has 1 atom stereocenters. The first kappa shape index (κ1) is 22.8. The molecule has 2 N–H and O–H groups in total. The van der Waals surface area contributed by atoms with Crippen LogP contribution in [0.25, 0.3) is 0 Å². The van der Waals surface area contributed by atoms with Crippen LogP contribution in [-0.2, 0) is 11.2 Å². The quantitative estimate of drug-likeness (QED) is 0.497. The lowest BCUT2D eigenvalue weighted by molar-refractivity contribution is -0.143. The summed E-state index contributed by atoms with van der Waals surface area (Å²) in [6.07, 6.45) is -1.56. The average molecular weight is 453 g/mol. The molecule has 0 aliphatic heterocycles. The second-order valence-corrected chi connectivity index (χ2v) is 7.26. The van der Waals surface area contributed by atoms with Gasteiger partial charge in [0.25, 0.3) is 5.91 Å². The molecule has 6 nitrogen and oxygen atoms in total. The summed E-state index contributed by atoms with van der Waals surface area (Å²) in [6, 6.07) is 19.3. The minimum atomic E-state index is -2.23. The Kier molecular flexibility index (Phi) is 7.42. The number of rotatable bonds is 8. The highest BCUT2D eigenvalue weighted by Crippen LogP contribution is 2.29. The Hall–Kier alpha value is -3.89. The van der Waals surface area contributed by atoms with Gasteiger partial charge in [-0.3, -0.25) is 4.79 Å². The fraction of sp³-hybridized carbons (Fsp3) is 0.125. The summed E-state index contributed by atoms with van der Waals surface area (Å²) >= 11 is 5.86. The molecule has 3 aromatic carbocycles. The van der Waals surface area contributed by atoms with E-state index < -0.39 is 12.1 Å². The van der Waals surface area contributed by atoms with Crippen LogP contribution in [0.5, 0.6) is 11.5 Å². The Morgan fingerprint density at radius 1 is 1.09 bits per heavy atom. The minimum Gasteiger partial charge on any atom is -0.479 e. The van der Waals surface area contributed by atoms with Crippen molar-refractivity contribution in [2.24, 2.45) is 0 Å². The number of ether oxygens (including phenoxy) is 1. The molecule has 162 valence electrons. The van der Waals surface area contributed by atoms with E-state index in [1.807, 2.05) is 18.2 Å². The van der Waals surface area contributed by atoms with Crippen LogP contribution < -0.4 is 10.1 Å². The second-order valence-electron chi connectivity index (χ2n) is 6.83. The maximum Gasteiger partial charge on any atom is 0.343 e. The van der Waals surface area contributed by atoms with Gasteiger partial charge in [-0.25, -0.2) is 9.18 Å². The number of carboxylic acid groups (broad SMARTS) is 1. The first-order valence-corrected chi connectivity index (χ1v) is 9.96. The van der Waals surface area contributed by atoms with E-state index in [0.29, 0.717) is 29.3 Å². The summed E-state index contributed by atoms with van der Waals surface area (Å²) in [5.41, 5.74) is 1.34. The number of carbonyl (C=O) groups excluding carboxylic acids is 1. The van der Waals surface area contributed by atoms with E-state index in [4.69, 9.17) is 21.4 Å². The highest BCUT2D eigenvalue weighted by atomic mass is 35.5. The summed E-state index contributed by atoms with van der Waals surface area (Å²) in [6.45, 7) is 0.461. The maximum absolute atomic E-state index is 13.7. The Bertz CT molecular complexity index is 1160. The van der Waals surface area contributed by atoms with Crippen LogP contribution in [0, 0.1) is 11.3 Å². The normalized spacial score (nSPS) is 11.3. The van der Waals surface area contributed by atoms with Crippen molar-refractivity contribution < 1.29 is 23.8 Å². The van der Waals surface area contributed by atoms with E-state index in [-0.39, 0.29) is 22.8 Å². The Morgan fingerprint density at radius 3 is 2.41 bits per heavy atom. The molecule has 1 unspecified atom stereocenters. The largest absolute Gasteiger partial charge is 0.479 e. The van der Waals surface area contributed by atoms with Crippen molar-refractivity contribution in [3.63, 3.8) is 0 Å². The monoisotopic (exact) mass is 452 g/mol. The zero-order chi connectivity index (χ0) is 23.1. The lowest BCUT2D eigenvalue weighted by Crippen LogP contribution is -2.25. The number of carboxylic acids is 1. The Labute approximate surface area is 188 Å². The van der Waals surface area contributed by atoms with Crippen molar-refractivity contribution in [1.29, 1.82) is 5.26 Å². The molecular weight excluding hydrogens is 435 g/mol. The lowest BCUT2D eigenvalue weighted by Gasteiger charge is -2.11. The van der Waals surface area contributed by atoms with Crippen LogP contribution in [0.15, 0.2) is 66.7 Å². The highest BCUT2D eigenvalue weighted by molar-refractivity contribution is 6.30. The zero-order valence-corrected chi connectivity index (χ0v) is 17.5. The molecule has 0 fully saturated rings. The van der Waals surface area contributed by atoms with Crippen LogP contribution >= 0.6 is 11.6 Å². The smallest absolute Gasteiger partial charge is 0.343 e. The SMILES string of the molecule is N#Cc1cc(C(F)C(=O)O)ccc1Oc1ccc(C(=O)NCCc2ccc(Cl)cc2)cc1. The van der Waals surface area contributed by atoms with Crippen LogP contribution in [0.1, 0.15) is 33.2 Å². The van der Waals surface area contributed by atoms with Crippen molar-refractivity contribution in [1.82, 2.24) is 5.32 Å². The van der Waals surface area contributed by atoms with Gasteiger partial charge in [0.1, 0.15) is 17.6 Å². The van der Waals surface area contributed by atoms with Gasteiger partial charge in [0.2, 0.25) is 6.17 Å². The molecule has 0 saturated heterocycles. The van der Waals surface area contributed by atoms with E-state index >= 15 is 0 Å². The van der Waals surface area contributed by atoms with Crippen molar-refractivity contribution in [3.05, 3.63) is 94.0 Å². The minimum absolute atomic E-state index is 0.00424. The number of nitriles is 1. The maximum atomic E-state index is 13.7. The van der Waals surface area contributed by atoms with Crippen molar-refractivity contribution in [2.75, 3.05) is 6.54 Å². The lowest BCUT2D eigenvalue weighted by atomic mass is 10.1. The Morgan fingerprint density at radius 2 is 1.78 bits per heavy atom. The predicted octanol–water partition coefficient (Wildman–Crippen LogP) is 5.07. The number of hydrogen-bond acceptors (Lipinski definition) is 4. The van der Waals surface area contributed by atoms with Gasteiger partial charge < -0.3 is 15.2 Å². The van der Waals surface area contributed by atoms with Crippen molar-refractivity contribution in [3.8, 4) is 17.6 Å². The fourth-order valence-electron chi connectivity index (χ4n) is 2.90. The van der Waals surface area contributed by atoms with E-state index in [0.717, 1.165) is 11.6 Å². The number of hydrogen-bond donors (Lipinski definition) is 2. The first-order chi connectivity index (χ1) is 15.4. The number of nitrogens with one attached hydrogen (secondary N) is 1. The third-order valence-corrected chi connectivity index (χ3v) is 4.84. The van der Waals surface area contributed by atoms with Crippen LogP contribution in [0.2, 0.25) is 5.02 Å². The van der Waals surface area contributed by atoms with Crippen LogP contribution in [-0.4, -0.2) is 23.5 Å². The van der Waals surface area contributed by atoms with Crippen molar-refractivity contribution >= 4 is 23.5 Å². The molecule has 32 heavy (non-hydrogen) atoms. The topological polar surface area (TPSA) is 99.4 Å². The van der Waals surface area contributed by atoms with Crippen LogP contribution in [0.4, 0.5) is 4.39 Å². The molecule has 1 amide bonds. The number of alkyl halides is 1. The predicted molar refractivity (Wildman–Crippen MR) is 117 cm³/mol. The molecule has 0 spiro atoms. The molecule has 0 aliphatic carbocycles. The van der Waals surface area contributed by atoms with E-state index in [1.54, 1.807) is 36.4 Å². The molecule has 0 aromatic heterocycles. The first-order valence-electron chi connectivity index (χ1n) is 9.59. The van der Waals surface area contributed by atoms with Crippen molar-refractivity contribution in [2.45, 2.75) is 12.6 Å². The van der Waals surface area contributed by atoms with Crippen LogP contribution in [0.3, 0.4) is 0 Å². The summed E-state index contributed by atoms with van der Waals surface area (Å²) in [5, 5.41) is 21.5. The van der Waals surface area contributed by atoms with Gasteiger partial charge in [-0.05, 0) is 66.1 Å². The standard InChI is InChI=1S/C24H18ClFN2O4/c25-19-6-1-15(2-7-19)11-12-28-23(29)16-3-8-20(9-4-16)32-21-10-5-17(13-18(21)14-27)22(26)24(30)31/h1-10,13,22H,11-12H2,(H,28,29)(H,30,31). The van der Waals surface area contributed by atoms with Gasteiger partial charge in [0.15, 0.2) is 0 Å². The summed E-state index contributed by atoms with van der Waals surface area (Å²) < 4.78 is 19.3. The number of amides is 1. The second kappa shape index (κ2) is 10.4. The number of halogens is 2. The van der Waals surface area contributed by atoms with Gasteiger partial charge in [-0.2, -0.15) is 5.26 Å². The van der Waals surface area contributed by atoms with Gasteiger partial charge in [-0.1, -0.05) is 29.8 Å².